The minimum Gasteiger partial charge on any atom is -0.497 e. The second-order valence-corrected chi connectivity index (χ2v) is 10.0. The number of hydrogen-bond acceptors (Lipinski definition) is 4. The molecule has 0 aromatic heterocycles. The van der Waals surface area contributed by atoms with Crippen LogP contribution in [0.4, 0.5) is 4.79 Å². The lowest BCUT2D eigenvalue weighted by Gasteiger charge is -2.22. The zero-order chi connectivity index (χ0) is 20.7. The number of hydrogen-bond donors (Lipinski definition) is 2. The van der Waals surface area contributed by atoms with Crippen molar-refractivity contribution in [1.82, 2.24) is 14.9 Å². The molecule has 8 heteroatoms. The average molecular weight is 456 g/mol. The van der Waals surface area contributed by atoms with Crippen molar-refractivity contribution >= 4 is 16.1 Å². The first-order valence-corrected chi connectivity index (χ1v) is 12.1. The third kappa shape index (κ3) is 7.68. The van der Waals surface area contributed by atoms with Crippen LogP contribution >= 0.6 is 0 Å². The van der Waals surface area contributed by atoms with E-state index in [0.717, 1.165) is 19.3 Å². The number of ether oxygens (including phenoxy) is 1. The van der Waals surface area contributed by atoms with Crippen LogP contribution in [0.2, 0.25) is 0 Å². The van der Waals surface area contributed by atoms with E-state index >= 15 is 0 Å². The summed E-state index contributed by atoms with van der Waals surface area (Å²) in [4.78, 5) is 12.5. The van der Waals surface area contributed by atoms with Gasteiger partial charge in [0.25, 0.3) is 0 Å². The molecule has 1 aliphatic carbocycles. The minimum atomic E-state index is -3.55. The Balaban J connectivity index is 0.00000240. The van der Waals surface area contributed by atoms with Crippen LogP contribution in [-0.2, 0) is 10.0 Å². The molecule has 178 valence electrons. The molecule has 0 spiro atoms. The molecule has 2 fully saturated rings. The summed E-state index contributed by atoms with van der Waals surface area (Å²) in [7, 11) is -2.03. The number of amides is 2. The van der Waals surface area contributed by atoms with Gasteiger partial charge in [0, 0.05) is 31.7 Å². The maximum absolute atomic E-state index is 12.9. The largest absolute Gasteiger partial charge is 0.497 e. The molecule has 1 atom stereocenters. The van der Waals surface area contributed by atoms with E-state index in [4.69, 9.17) is 4.74 Å². The molecule has 1 saturated heterocycles. The van der Waals surface area contributed by atoms with Crippen molar-refractivity contribution < 1.29 is 17.9 Å². The van der Waals surface area contributed by atoms with Crippen molar-refractivity contribution in [3.8, 4) is 5.75 Å². The summed E-state index contributed by atoms with van der Waals surface area (Å²) in [5, 5.41) is 6.04. The Bertz CT molecular complexity index is 777. The molecule has 2 amide bonds. The molecule has 1 heterocycles. The van der Waals surface area contributed by atoms with Crippen LogP contribution in [-0.4, -0.2) is 51.5 Å². The summed E-state index contributed by atoms with van der Waals surface area (Å²) >= 11 is 0. The fourth-order valence-corrected chi connectivity index (χ4v) is 5.73. The quantitative estimate of drug-likeness (QED) is 0.666. The highest BCUT2D eigenvalue weighted by Crippen LogP contribution is 2.26. The van der Waals surface area contributed by atoms with E-state index < -0.39 is 10.0 Å². The first-order valence-electron chi connectivity index (χ1n) is 10.7. The molecule has 2 N–H and O–H groups in total. The van der Waals surface area contributed by atoms with Crippen molar-refractivity contribution in [2.45, 2.75) is 77.2 Å². The number of carbonyl (C=O) groups excluding carboxylic acids is 1. The Morgan fingerprint density at radius 1 is 1.10 bits per heavy atom. The predicted octanol–water partition coefficient (Wildman–Crippen LogP) is 4.39. The number of benzene rings is 1. The maximum Gasteiger partial charge on any atom is 0.315 e. The molecular formula is C23H41N3O4S. The van der Waals surface area contributed by atoms with Crippen molar-refractivity contribution in [3.63, 3.8) is 0 Å². The normalized spacial score (nSPS) is 20.5. The van der Waals surface area contributed by atoms with Crippen molar-refractivity contribution in [3.05, 3.63) is 24.3 Å². The molecule has 1 aromatic rings. The zero-order valence-corrected chi connectivity index (χ0v) is 18.0. The van der Waals surface area contributed by atoms with Gasteiger partial charge in [0.2, 0.25) is 10.0 Å². The molecule has 2 aliphatic rings. The summed E-state index contributed by atoms with van der Waals surface area (Å²) in [5.74, 6) is 0.646. The van der Waals surface area contributed by atoms with E-state index in [9.17, 15) is 13.2 Å². The zero-order valence-electron chi connectivity index (χ0n) is 17.2. The molecule has 31 heavy (non-hydrogen) atoms. The number of carbonyl (C=O) groups is 1. The highest BCUT2D eigenvalue weighted by Gasteiger charge is 2.32. The summed E-state index contributed by atoms with van der Waals surface area (Å²) in [5.41, 5.74) is 0. The monoisotopic (exact) mass is 455 g/mol. The van der Waals surface area contributed by atoms with Gasteiger partial charge in [-0.25, -0.2) is 13.2 Å². The number of rotatable bonds is 6. The van der Waals surface area contributed by atoms with Crippen LogP contribution in [0.3, 0.4) is 0 Å². The predicted molar refractivity (Wildman–Crippen MR) is 126 cm³/mol. The first kappa shape index (κ1) is 27.2. The van der Waals surface area contributed by atoms with Crippen molar-refractivity contribution in [2.24, 2.45) is 5.92 Å². The van der Waals surface area contributed by atoms with Gasteiger partial charge in [-0.2, -0.15) is 4.31 Å². The van der Waals surface area contributed by atoms with E-state index in [1.165, 1.54) is 43.5 Å². The second kappa shape index (κ2) is 12.9. The van der Waals surface area contributed by atoms with Crippen LogP contribution < -0.4 is 15.4 Å². The minimum absolute atomic E-state index is 0. The van der Waals surface area contributed by atoms with Gasteiger partial charge >= 0.3 is 6.03 Å². The molecule has 1 unspecified atom stereocenters. The van der Waals surface area contributed by atoms with E-state index in [2.05, 4.69) is 10.6 Å². The number of methoxy groups -OCH3 is 1. The fourth-order valence-electron chi connectivity index (χ4n) is 4.17. The number of nitrogens with zero attached hydrogens (tertiary/aromatic N) is 1. The number of sulfonamides is 1. The Labute approximate surface area is 189 Å². The fraction of sp³-hybridized carbons (Fsp3) is 0.696. The van der Waals surface area contributed by atoms with E-state index in [1.54, 1.807) is 24.3 Å². The van der Waals surface area contributed by atoms with Crippen LogP contribution in [0.25, 0.3) is 0 Å². The Morgan fingerprint density at radius 2 is 1.77 bits per heavy atom. The third-order valence-electron chi connectivity index (χ3n) is 5.92. The SMILES string of the molecule is C.C.COc1cccc(S(=O)(=O)N2CCC(CNC(=O)NC3CCCCCCC3)C2)c1. The smallest absolute Gasteiger partial charge is 0.315 e. The first-order chi connectivity index (χ1) is 14.0. The van der Waals surface area contributed by atoms with Gasteiger partial charge in [0.15, 0.2) is 0 Å². The third-order valence-corrected chi connectivity index (χ3v) is 7.78. The molecule has 0 bridgehead atoms. The van der Waals surface area contributed by atoms with Crippen LogP contribution in [0.15, 0.2) is 29.2 Å². The summed E-state index contributed by atoms with van der Waals surface area (Å²) in [6, 6.07) is 6.66. The van der Waals surface area contributed by atoms with E-state index in [1.807, 2.05) is 0 Å². The lowest BCUT2D eigenvalue weighted by atomic mass is 9.97. The highest BCUT2D eigenvalue weighted by molar-refractivity contribution is 7.89. The summed E-state index contributed by atoms with van der Waals surface area (Å²) < 4.78 is 32.4. The maximum atomic E-state index is 12.9. The average Bonchev–Trinajstić information content (AvgIpc) is 3.18. The number of urea groups is 1. The van der Waals surface area contributed by atoms with Gasteiger partial charge < -0.3 is 15.4 Å². The van der Waals surface area contributed by atoms with Gasteiger partial charge in [0.1, 0.15) is 5.75 Å². The van der Waals surface area contributed by atoms with E-state index in [0.29, 0.717) is 25.4 Å². The summed E-state index contributed by atoms with van der Waals surface area (Å²) in [6.45, 7) is 1.38. The highest BCUT2D eigenvalue weighted by atomic mass is 32.2. The topological polar surface area (TPSA) is 87.7 Å². The van der Waals surface area contributed by atoms with Gasteiger partial charge in [-0.3, -0.25) is 0 Å². The van der Waals surface area contributed by atoms with Crippen LogP contribution in [0, 0.1) is 5.92 Å². The molecule has 0 radical (unpaired) electrons. The molecule has 3 rings (SSSR count). The second-order valence-electron chi connectivity index (χ2n) is 8.09. The Morgan fingerprint density at radius 3 is 2.45 bits per heavy atom. The van der Waals surface area contributed by atoms with Gasteiger partial charge in [-0.05, 0) is 37.3 Å². The summed E-state index contributed by atoms with van der Waals surface area (Å²) in [6.07, 6.45) is 8.98. The molecule has 1 aliphatic heterocycles. The van der Waals surface area contributed by atoms with Crippen LogP contribution in [0.5, 0.6) is 5.75 Å². The molecule has 1 aromatic carbocycles. The molecular weight excluding hydrogens is 414 g/mol. The van der Waals surface area contributed by atoms with Crippen molar-refractivity contribution in [2.75, 3.05) is 26.7 Å². The van der Waals surface area contributed by atoms with Gasteiger partial charge in [-0.15, -0.1) is 0 Å². The standard InChI is InChI=1S/C21H33N3O4S.2CH4/c1-28-19-10-7-11-20(14-19)29(26,27)24-13-12-17(16-24)15-22-21(25)23-18-8-5-3-2-4-6-9-18;;/h7,10-11,14,17-18H,2-6,8-9,12-13,15-16H2,1H3,(H2,22,23,25);2*1H4. The lowest BCUT2D eigenvalue weighted by Crippen LogP contribution is -2.44. The lowest BCUT2D eigenvalue weighted by molar-refractivity contribution is 0.232. The Hall–Kier alpha value is -1.80. The van der Waals surface area contributed by atoms with Gasteiger partial charge in [0.05, 0.1) is 12.0 Å². The molecule has 7 nitrogen and oxygen atoms in total. The van der Waals surface area contributed by atoms with Crippen LogP contribution in [0.1, 0.15) is 66.2 Å². The number of nitrogens with one attached hydrogen (secondary N) is 2. The van der Waals surface area contributed by atoms with Gasteiger partial charge in [-0.1, -0.05) is 53.0 Å². The Kier molecular flexibility index (Phi) is 11.3. The van der Waals surface area contributed by atoms with Crippen molar-refractivity contribution in [1.29, 1.82) is 0 Å². The van der Waals surface area contributed by atoms with E-state index in [-0.39, 0.29) is 37.7 Å². The molecule has 1 saturated carbocycles.